The molecule has 0 unspecified atom stereocenters. The molecule has 0 radical (unpaired) electrons. The Bertz CT molecular complexity index is 671. The van der Waals surface area contributed by atoms with Gasteiger partial charge in [0.2, 0.25) is 0 Å². The minimum Gasteiger partial charge on any atom is -0.496 e. The molecule has 0 spiro atoms. The topological polar surface area (TPSA) is 63.9 Å². The third kappa shape index (κ3) is 1.55. The number of thiazole rings is 1. The van der Waals surface area contributed by atoms with Gasteiger partial charge < -0.3 is 15.5 Å². The number of nitrogens with zero attached hydrogens (tertiary/aromatic N) is 1. The minimum absolute atomic E-state index is 0.573. The number of benzene rings is 1. The number of fused-ring (bicyclic) bond motifs is 1. The molecular weight excluding hydrogens is 234 g/mol. The van der Waals surface area contributed by atoms with E-state index in [1.807, 2.05) is 29.8 Å². The summed E-state index contributed by atoms with van der Waals surface area (Å²) in [6.45, 7) is 0. The molecule has 1 aromatic carbocycles. The van der Waals surface area contributed by atoms with Crippen molar-refractivity contribution in [3.05, 3.63) is 29.8 Å². The number of methoxy groups -OCH3 is 1. The second-order valence-corrected chi connectivity index (χ2v) is 4.55. The number of aromatic nitrogens is 2. The van der Waals surface area contributed by atoms with Gasteiger partial charge >= 0.3 is 0 Å². The number of aromatic amines is 1. The summed E-state index contributed by atoms with van der Waals surface area (Å²) in [7, 11) is 1.67. The summed E-state index contributed by atoms with van der Waals surface area (Å²) in [4.78, 5) is 7.51. The first-order valence-electron chi connectivity index (χ1n) is 5.15. The summed E-state index contributed by atoms with van der Waals surface area (Å²) in [6.07, 6.45) is 1.93. The van der Waals surface area contributed by atoms with E-state index >= 15 is 0 Å². The van der Waals surface area contributed by atoms with Gasteiger partial charge in [-0.25, -0.2) is 4.98 Å². The SMILES string of the molecule is COc1cccc2[nH]cc(-c3csc(N)n3)c12. The first-order chi connectivity index (χ1) is 8.29. The Morgan fingerprint density at radius 3 is 3.00 bits per heavy atom. The lowest BCUT2D eigenvalue weighted by Crippen LogP contribution is -1.85. The van der Waals surface area contributed by atoms with Crippen molar-refractivity contribution < 1.29 is 4.74 Å². The van der Waals surface area contributed by atoms with Crippen LogP contribution in [0.1, 0.15) is 0 Å². The molecule has 86 valence electrons. The highest BCUT2D eigenvalue weighted by Gasteiger charge is 2.12. The molecule has 4 nitrogen and oxygen atoms in total. The van der Waals surface area contributed by atoms with Crippen molar-refractivity contribution in [2.75, 3.05) is 12.8 Å². The van der Waals surface area contributed by atoms with Gasteiger partial charge in [-0.1, -0.05) is 6.07 Å². The van der Waals surface area contributed by atoms with Crippen LogP contribution >= 0.6 is 11.3 Å². The Morgan fingerprint density at radius 1 is 1.41 bits per heavy atom. The lowest BCUT2D eigenvalue weighted by atomic mass is 10.1. The molecule has 0 saturated carbocycles. The first kappa shape index (κ1) is 10.2. The number of nitrogens with two attached hydrogens (primary N) is 1. The molecule has 0 fully saturated rings. The minimum atomic E-state index is 0.573. The van der Waals surface area contributed by atoms with Crippen LogP contribution in [-0.4, -0.2) is 17.1 Å². The summed E-state index contributed by atoms with van der Waals surface area (Å²) < 4.78 is 5.38. The van der Waals surface area contributed by atoms with Crippen molar-refractivity contribution in [1.29, 1.82) is 0 Å². The Kier molecular flexibility index (Phi) is 2.26. The van der Waals surface area contributed by atoms with Gasteiger partial charge in [0.25, 0.3) is 0 Å². The van der Waals surface area contributed by atoms with E-state index in [2.05, 4.69) is 9.97 Å². The molecule has 0 aliphatic heterocycles. The molecule has 0 atom stereocenters. The van der Waals surface area contributed by atoms with E-state index in [9.17, 15) is 0 Å². The second-order valence-electron chi connectivity index (χ2n) is 3.66. The average molecular weight is 245 g/mol. The highest BCUT2D eigenvalue weighted by Crippen LogP contribution is 2.35. The van der Waals surface area contributed by atoms with Gasteiger partial charge in [0.1, 0.15) is 5.75 Å². The summed E-state index contributed by atoms with van der Waals surface area (Å²) in [5.74, 6) is 0.838. The first-order valence-corrected chi connectivity index (χ1v) is 6.03. The van der Waals surface area contributed by atoms with Crippen LogP contribution in [0, 0.1) is 0 Å². The van der Waals surface area contributed by atoms with Crippen molar-refractivity contribution in [2.45, 2.75) is 0 Å². The molecule has 2 aromatic heterocycles. The monoisotopic (exact) mass is 245 g/mol. The van der Waals surface area contributed by atoms with Gasteiger partial charge in [-0.3, -0.25) is 0 Å². The van der Waals surface area contributed by atoms with E-state index in [1.54, 1.807) is 7.11 Å². The Labute approximate surface area is 102 Å². The maximum Gasteiger partial charge on any atom is 0.180 e. The number of nitrogen functional groups attached to an aromatic ring is 1. The van der Waals surface area contributed by atoms with Crippen molar-refractivity contribution in [2.24, 2.45) is 0 Å². The lowest BCUT2D eigenvalue weighted by Gasteiger charge is -2.02. The van der Waals surface area contributed by atoms with Crippen molar-refractivity contribution in [3.8, 4) is 17.0 Å². The standard InChI is InChI=1S/C12H11N3OS/c1-16-10-4-2-3-8-11(10)7(5-14-8)9-6-17-12(13)15-9/h2-6,14H,1H3,(H2,13,15). The van der Waals surface area contributed by atoms with Gasteiger partial charge in [-0.2, -0.15) is 0 Å². The third-order valence-corrected chi connectivity index (χ3v) is 3.36. The van der Waals surface area contributed by atoms with Crippen LogP contribution in [0.2, 0.25) is 0 Å². The van der Waals surface area contributed by atoms with Crippen molar-refractivity contribution in [3.63, 3.8) is 0 Å². The fourth-order valence-electron chi connectivity index (χ4n) is 1.93. The number of nitrogens with one attached hydrogen (secondary N) is 1. The van der Waals surface area contributed by atoms with E-state index in [0.29, 0.717) is 5.13 Å². The summed E-state index contributed by atoms with van der Waals surface area (Å²) in [6, 6.07) is 5.91. The summed E-state index contributed by atoms with van der Waals surface area (Å²) >= 11 is 1.44. The molecule has 3 N–H and O–H groups in total. The zero-order valence-electron chi connectivity index (χ0n) is 9.23. The maximum atomic E-state index is 5.67. The lowest BCUT2D eigenvalue weighted by molar-refractivity contribution is 0.420. The van der Waals surface area contributed by atoms with Crippen LogP contribution in [0.3, 0.4) is 0 Å². The van der Waals surface area contributed by atoms with Crippen LogP contribution < -0.4 is 10.5 Å². The quantitative estimate of drug-likeness (QED) is 0.729. The van der Waals surface area contributed by atoms with Crippen LogP contribution in [0.15, 0.2) is 29.8 Å². The summed E-state index contributed by atoms with van der Waals surface area (Å²) in [5, 5.41) is 3.56. The van der Waals surface area contributed by atoms with Gasteiger partial charge in [0.15, 0.2) is 5.13 Å². The fourth-order valence-corrected chi connectivity index (χ4v) is 2.50. The van der Waals surface area contributed by atoms with E-state index in [0.717, 1.165) is 27.9 Å². The van der Waals surface area contributed by atoms with Gasteiger partial charge in [0.05, 0.1) is 18.2 Å². The van der Waals surface area contributed by atoms with Crippen LogP contribution in [-0.2, 0) is 0 Å². The molecule has 0 saturated heterocycles. The molecule has 0 aliphatic rings. The number of H-pyrrole nitrogens is 1. The zero-order chi connectivity index (χ0) is 11.8. The molecular formula is C12H11N3OS. The van der Waals surface area contributed by atoms with Crippen molar-refractivity contribution in [1.82, 2.24) is 9.97 Å². The molecule has 0 bridgehead atoms. The molecule has 5 heteroatoms. The second kappa shape index (κ2) is 3.78. The van der Waals surface area contributed by atoms with E-state index < -0.39 is 0 Å². The van der Waals surface area contributed by atoms with Crippen LogP contribution in [0.5, 0.6) is 5.75 Å². The van der Waals surface area contributed by atoms with Crippen molar-refractivity contribution >= 4 is 27.4 Å². The highest BCUT2D eigenvalue weighted by atomic mass is 32.1. The highest BCUT2D eigenvalue weighted by molar-refractivity contribution is 7.13. The smallest absolute Gasteiger partial charge is 0.180 e. The molecule has 0 aliphatic carbocycles. The van der Waals surface area contributed by atoms with Gasteiger partial charge in [-0.15, -0.1) is 11.3 Å². The van der Waals surface area contributed by atoms with Crippen LogP contribution in [0.4, 0.5) is 5.13 Å². The van der Waals surface area contributed by atoms with Crippen LogP contribution in [0.25, 0.3) is 22.2 Å². The maximum absolute atomic E-state index is 5.67. The number of hydrogen-bond donors (Lipinski definition) is 2. The Morgan fingerprint density at radius 2 is 2.29 bits per heavy atom. The summed E-state index contributed by atoms with van der Waals surface area (Å²) in [5.41, 5.74) is 8.60. The Hall–Kier alpha value is -2.01. The Balaban J connectivity index is 2.30. The predicted octanol–water partition coefficient (Wildman–Crippen LogP) is 2.88. The zero-order valence-corrected chi connectivity index (χ0v) is 10.0. The molecule has 3 rings (SSSR count). The van der Waals surface area contributed by atoms with E-state index in [-0.39, 0.29) is 0 Å². The number of ether oxygens (including phenoxy) is 1. The van der Waals surface area contributed by atoms with E-state index in [4.69, 9.17) is 10.5 Å². The third-order valence-electron chi connectivity index (χ3n) is 2.69. The molecule has 17 heavy (non-hydrogen) atoms. The number of hydrogen-bond acceptors (Lipinski definition) is 4. The molecule has 3 aromatic rings. The molecule has 2 heterocycles. The molecule has 0 amide bonds. The number of rotatable bonds is 2. The fraction of sp³-hybridized carbons (Fsp3) is 0.0833. The normalized spacial score (nSPS) is 10.9. The number of anilines is 1. The van der Waals surface area contributed by atoms with E-state index in [1.165, 1.54) is 11.3 Å². The predicted molar refractivity (Wildman–Crippen MR) is 70.4 cm³/mol. The van der Waals surface area contributed by atoms with Gasteiger partial charge in [-0.05, 0) is 12.1 Å². The van der Waals surface area contributed by atoms with Gasteiger partial charge in [0, 0.05) is 22.7 Å². The largest absolute Gasteiger partial charge is 0.496 e. The average Bonchev–Trinajstić information content (AvgIpc) is 2.94.